The number of imidazole rings is 1. The van der Waals surface area contributed by atoms with E-state index in [0.717, 1.165) is 17.6 Å². The van der Waals surface area contributed by atoms with E-state index in [1.165, 1.54) is 11.3 Å². The molecule has 0 saturated carbocycles. The normalized spacial score (nSPS) is 12.6. The highest BCUT2D eigenvalue weighted by Crippen LogP contribution is 2.18. The Morgan fingerprint density at radius 2 is 2.28 bits per heavy atom. The zero-order valence-corrected chi connectivity index (χ0v) is 12.3. The minimum Gasteiger partial charge on any atom is -0.334 e. The van der Waals surface area contributed by atoms with Crippen molar-refractivity contribution in [1.29, 1.82) is 0 Å². The molecule has 1 atom stereocenters. The largest absolute Gasteiger partial charge is 0.334 e. The van der Waals surface area contributed by atoms with E-state index in [1.54, 1.807) is 0 Å². The Hall–Kier alpha value is -1.13. The van der Waals surface area contributed by atoms with Crippen LogP contribution >= 0.6 is 15.9 Å². The second-order valence-electron chi connectivity index (χ2n) is 4.33. The van der Waals surface area contributed by atoms with Gasteiger partial charge in [0.25, 0.3) is 0 Å². The summed E-state index contributed by atoms with van der Waals surface area (Å²) in [5.74, 6) is 0. The molecule has 4 heteroatoms. The van der Waals surface area contributed by atoms with Crippen molar-refractivity contribution < 1.29 is 0 Å². The van der Waals surface area contributed by atoms with Crippen LogP contribution in [0.1, 0.15) is 31.1 Å². The lowest BCUT2D eigenvalue weighted by atomic mass is 10.1. The minimum atomic E-state index is 0.322. The summed E-state index contributed by atoms with van der Waals surface area (Å²) in [4.78, 5) is 4.17. The number of rotatable bonds is 5. The van der Waals surface area contributed by atoms with Gasteiger partial charge >= 0.3 is 0 Å². The van der Waals surface area contributed by atoms with Gasteiger partial charge in [-0.3, -0.25) is 0 Å². The number of hydrogen-bond acceptors (Lipinski definition) is 2. The fourth-order valence-corrected chi connectivity index (χ4v) is 2.35. The summed E-state index contributed by atoms with van der Waals surface area (Å²) in [6, 6.07) is 8.72. The predicted octanol–water partition coefficient (Wildman–Crippen LogP) is 3.52. The number of halogens is 1. The number of benzene rings is 1. The first-order chi connectivity index (χ1) is 8.70. The smallest absolute Gasteiger partial charge is 0.0948 e. The lowest BCUT2D eigenvalue weighted by molar-refractivity contribution is 0.549. The lowest BCUT2D eigenvalue weighted by Gasteiger charge is -2.15. The van der Waals surface area contributed by atoms with Gasteiger partial charge < -0.3 is 9.88 Å². The average Bonchev–Trinajstić information content (AvgIpc) is 2.83. The van der Waals surface area contributed by atoms with E-state index in [-0.39, 0.29) is 0 Å². The van der Waals surface area contributed by atoms with Crippen molar-refractivity contribution >= 4 is 15.9 Å². The molecule has 0 radical (unpaired) electrons. The molecule has 0 amide bonds. The molecule has 3 nitrogen and oxygen atoms in total. The number of nitrogens with one attached hydrogen (secondary N) is 1. The predicted molar refractivity (Wildman–Crippen MR) is 77.3 cm³/mol. The van der Waals surface area contributed by atoms with E-state index in [2.05, 4.69) is 62.8 Å². The van der Waals surface area contributed by atoms with Crippen LogP contribution in [0.15, 0.2) is 41.3 Å². The van der Waals surface area contributed by atoms with E-state index < -0.39 is 0 Å². The summed E-state index contributed by atoms with van der Waals surface area (Å²) >= 11 is 3.50. The molecule has 0 saturated heterocycles. The van der Waals surface area contributed by atoms with Crippen molar-refractivity contribution in [1.82, 2.24) is 14.9 Å². The van der Waals surface area contributed by atoms with Crippen LogP contribution in [0.2, 0.25) is 0 Å². The Morgan fingerprint density at radius 3 is 3.00 bits per heavy atom. The highest BCUT2D eigenvalue weighted by atomic mass is 79.9. The van der Waals surface area contributed by atoms with Gasteiger partial charge in [0.15, 0.2) is 0 Å². The van der Waals surface area contributed by atoms with E-state index in [9.17, 15) is 0 Å². The molecule has 0 aliphatic carbocycles. The maximum Gasteiger partial charge on any atom is 0.0948 e. The third kappa shape index (κ3) is 3.21. The molecule has 1 aromatic carbocycles. The number of aromatic nitrogens is 2. The monoisotopic (exact) mass is 307 g/mol. The number of hydrogen-bond donors (Lipinski definition) is 1. The standard InChI is InChI=1S/C14H18BrN3/c1-3-18-10-16-8-14(18)9-17-11(2)12-5-4-6-13(15)7-12/h4-8,10-11,17H,3,9H2,1-2H3/t11-/m0/s1. The van der Waals surface area contributed by atoms with Gasteiger partial charge in [0, 0.05) is 29.8 Å². The van der Waals surface area contributed by atoms with Crippen LogP contribution < -0.4 is 5.32 Å². The summed E-state index contributed by atoms with van der Waals surface area (Å²) in [6.45, 7) is 6.10. The van der Waals surface area contributed by atoms with Crippen LogP contribution in [-0.4, -0.2) is 9.55 Å². The van der Waals surface area contributed by atoms with Crippen molar-refractivity contribution in [3.8, 4) is 0 Å². The van der Waals surface area contributed by atoms with E-state index in [0.29, 0.717) is 6.04 Å². The summed E-state index contributed by atoms with van der Waals surface area (Å²) in [7, 11) is 0. The second kappa shape index (κ2) is 6.16. The molecule has 96 valence electrons. The van der Waals surface area contributed by atoms with Crippen molar-refractivity contribution in [3.63, 3.8) is 0 Å². The van der Waals surface area contributed by atoms with Crippen LogP contribution in [-0.2, 0) is 13.1 Å². The molecule has 1 aromatic heterocycles. The molecule has 0 aliphatic rings. The van der Waals surface area contributed by atoms with Gasteiger partial charge in [0.1, 0.15) is 0 Å². The summed E-state index contributed by atoms with van der Waals surface area (Å²) < 4.78 is 3.27. The summed E-state index contributed by atoms with van der Waals surface area (Å²) in [6.07, 6.45) is 3.80. The molecule has 0 aliphatic heterocycles. The summed E-state index contributed by atoms with van der Waals surface area (Å²) in [5, 5.41) is 3.52. The molecular formula is C14H18BrN3. The number of aryl methyl sites for hydroxylation is 1. The fourth-order valence-electron chi connectivity index (χ4n) is 1.93. The first-order valence-electron chi connectivity index (χ1n) is 6.18. The van der Waals surface area contributed by atoms with Crippen LogP contribution in [0.5, 0.6) is 0 Å². The minimum absolute atomic E-state index is 0.322. The SMILES string of the molecule is CCn1cncc1CN[C@@H](C)c1cccc(Br)c1. The third-order valence-corrected chi connectivity index (χ3v) is 3.57. The Labute approximate surface area is 116 Å². The van der Waals surface area contributed by atoms with Gasteiger partial charge in [-0.05, 0) is 31.5 Å². The molecule has 18 heavy (non-hydrogen) atoms. The Bertz CT molecular complexity index is 507. The first kappa shape index (κ1) is 13.3. The van der Waals surface area contributed by atoms with Crippen LogP contribution in [0.25, 0.3) is 0 Å². The first-order valence-corrected chi connectivity index (χ1v) is 6.98. The van der Waals surface area contributed by atoms with Gasteiger partial charge in [0.2, 0.25) is 0 Å². The molecular weight excluding hydrogens is 290 g/mol. The maximum atomic E-state index is 4.17. The second-order valence-corrected chi connectivity index (χ2v) is 5.24. The Balaban J connectivity index is 1.98. The Kier molecular flexibility index (Phi) is 4.55. The van der Waals surface area contributed by atoms with Gasteiger partial charge in [-0.2, -0.15) is 0 Å². The molecule has 0 spiro atoms. The zero-order chi connectivity index (χ0) is 13.0. The highest BCUT2D eigenvalue weighted by molar-refractivity contribution is 9.10. The van der Waals surface area contributed by atoms with Crippen LogP contribution in [0.3, 0.4) is 0 Å². The highest BCUT2D eigenvalue weighted by Gasteiger charge is 2.06. The van der Waals surface area contributed by atoms with Crippen molar-refractivity contribution in [3.05, 3.63) is 52.5 Å². The molecule has 0 unspecified atom stereocenters. The summed E-state index contributed by atoms with van der Waals surface area (Å²) in [5.41, 5.74) is 2.51. The Morgan fingerprint density at radius 1 is 1.44 bits per heavy atom. The average molecular weight is 308 g/mol. The van der Waals surface area contributed by atoms with Crippen LogP contribution in [0.4, 0.5) is 0 Å². The molecule has 0 fully saturated rings. The maximum absolute atomic E-state index is 4.17. The van der Waals surface area contributed by atoms with Gasteiger partial charge in [0.05, 0.1) is 12.0 Å². The topological polar surface area (TPSA) is 29.9 Å². The molecule has 1 N–H and O–H groups in total. The van der Waals surface area contributed by atoms with Crippen LogP contribution in [0, 0.1) is 0 Å². The van der Waals surface area contributed by atoms with Gasteiger partial charge in [-0.15, -0.1) is 0 Å². The fraction of sp³-hybridized carbons (Fsp3) is 0.357. The molecule has 2 rings (SSSR count). The molecule has 2 aromatic rings. The molecule has 0 bridgehead atoms. The van der Waals surface area contributed by atoms with Gasteiger partial charge in [-0.25, -0.2) is 4.98 Å². The van der Waals surface area contributed by atoms with E-state index in [1.807, 2.05) is 18.6 Å². The van der Waals surface area contributed by atoms with Crippen molar-refractivity contribution in [2.45, 2.75) is 33.0 Å². The quantitative estimate of drug-likeness (QED) is 0.916. The zero-order valence-electron chi connectivity index (χ0n) is 10.7. The van der Waals surface area contributed by atoms with Gasteiger partial charge in [-0.1, -0.05) is 28.1 Å². The molecule has 1 heterocycles. The van der Waals surface area contributed by atoms with E-state index >= 15 is 0 Å². The lowest BCUT2D eigenvalue weighted by Crippen LogP contribution is -2.19. The number of nitrogens with zero attached hydrogens (tertiary/aromatic N) is 2. The third-order valence-electron chi connectivity index (χ3n) is 3.08. The van der Waals surface area contributed by atoms with Crippen molar-refractivity contribution in [2.24, 2.45) is 0 Å². The van der Waals surface area contributed by atoms with Crippen molar-refractivity contribution in [2.75, 3.05) is 0 Å². The van der Waals surface area contributed by atoms with E-state index in [4.69, 9.17) is 0 Å².